The number of nitrogens with zero attached hydrogens (tertiary/aromatic N) is 3. The number of nitrogen functional groups attached to an aromatic ring is 1. The van der Waals surface area contributed by atoms with Gasteiger partial charge in [-0.2, -0.15) is 0 Å². The molecule has 1 aromatic heterocycles. The number of ether oxygens (including phenoxy) is 1. The molecule has 0 atom stereocenters. The molecule has 1 aliphatic heterocycles. The van der Waals surface area contributed by atoms with Crippen molar-refractivity contribution < 1.29 is 9.53 Å². The molecule has 0 aromatic carbocycles. The van der Waals surface area contributed by atoms with Crippen LogP contribution in [0, 0.1) is 0 Å². The summed E-state index contributed by atoms with van der Waals surface area (Å²) in [6, 6.07) is 0. The Kier molecular flexibility index (Phi) is 4.80. The molecule has 1 aromatic rings. The third-order valence-corrected chi connectivity index (χ3v) is 3.86. The maximum atomic E-state index is 12.0. The van der Waals surface area contributed by atoms with Crippen molar-refractivity contribution in [1.82, 2.24) is 14.9 Å². The van der Waals surface area contributed by atoms with Gasteiger partial charge in [0.15, 0.2) is 11.6 Å². The van der Waals surface area contributed by atoms with Crippen LogP contribution in [0.5, 0.6) is 5.75 Å². The number of hydrogen-bond acceptors (Lipinski definition) is 7. The van der Waals surface area contributed by atoms with E-state index in [9.17, 15) is 4.79 Å². The van der Waals surface area contributed by atoms with Gasteiger partial charge in [-0.25, -0.2) is 15.8 Å². The Morgan fingerprint density at radius 3 is 2.89 bits per heavy atom. The molecule has 0 radical (unpaired) electrons. The highest BCUT2D eigenvalue weighted by atomic mass is 32.2. The molecule has 0 aliphatic carbocycles. The summed E-state index contributed by atoms with van der Waals surface area (Å²) in [4.78, 5) is 21.9. The minimum absolute atomic E-state index is 0.130. The molecule has 1 amide bonds. The lowest BCUT2D eigenvalue weighted by atomic mass is 10.4. The molecule has 104 valence electrons. The van der Waals surface area contributed by atoms with E-state index in [2.05, 4.69) is 15.4 Å². The zero-order valence-electron chi connectivity index (χ0n) is 10.8. The van der Waals surface area contributed by atoms with Gasteiger partial charge in [-0.1, -0.05) is 11.8 Å². The zero-order valence-corrected chi connectivity index (χ0v) is 11.6. The van der Waals surface area contributed by atoms with E-state index < -0.39 is 0 Å². The topological polar surface area (TPSA) is 93.4 Å². The Balaban J connectivity index is 2.00. The number of rotatable bonds is 5. The maximum absolute atomic E-state index is 12.0. The second kappa shape index (κ2) is 6.58. The lowest BCUT2D eigenvalue weighted by Gasteiger charge is -2.15. The molecule has 1 aliphatic rings. The van der Waals surface area contributed by atoms with Gasteiger partial charge in [0.25, 0.3) is 0 Å². The summed E-state index contributed by atoms with van der Waals surface area (Å²) < 4.78 is 5.21. The molecule has 0 spiro atoms. The fourth-order valence-corrected chi connectivity index (χ4v) is 2.81. The average molecular weight is 283 g/mol. The van der Waals surface area contributed by atoms with Crippen LogP contribution in [0.15, 0.2) is 11.4 Å². The van der Waals surface area contributed by atoms with Gasteiger partial charge in [0.2, 0.25) is 5.91 Å². The predicted octanol–water partition coefficient (Wildman–Crippen LogP) is 0.485. The fourth-order valence-electron chi connectivity index (χ4n) is 1.94. The van der Waals surface area contributed by atoms with Crippen LogP contribution in [-0.2, 0) is 4.79 Å². The van der Waals surface area contributed by atoms with Crippen LogP contribution in [0.3, 0.4) is 0 Å². The van der Waals surface area contributed by atoms with Crippen molar-refractivity contribution in [2.45, 2.75) is 17.9 Å². The van der Waals surface area contributed by atoms with Crippen molar-refractivity contribution in [3.63, 3.8) is 0 Å². The maximum Gasteiger partial charge on any atom is 0.232 e. The molecule has 19 heavy (non-hydrogen) atoms. The van der Waals surface area contributed by atoms with Gasteiger partial charge in [0, 0.05) is 13.1 Å². The largest absolute Gasteiger partial charge is 0.490 e. The van der Waals surface area contributed by atoms with Gasteiger partial charge in [-0.3, -0.25) is 4.79 Å². The number of methoxy groups -OCH3 is 1. The summed E-state index contributed by atoms with van der Waals surface area (Å²) in [5, 5.41) is 0.609. The highest BCUT2D eigenvalue weighted by molar-refractivity contribution is 8.00. The summed E-state index contributed by atoms with van der Waals surface area (Å²) >= 11 is 1.33. The highest BCUT2D eigenvalue weighted by Gasteiger charge is 2.19. The minimum Gasteiger partial charge on any atom is -0.490 e. The van der Waals surface area contributed by atoms with Crippen molar-refractivity contribution in [2.24, 2.45) is 5.84 Å². The van der Waals surface area contributed by atoms with Crippen LogP contribution in [0.1, 0.15) is 12.8 Å². The van der Waals surface area contributed by atoms with Crippen LogP contribution in [0.2, 0.25) is 0 Å². The molecule has 7 nitrogen and oxygen atoms in total. The van der Waals surface area contributed by atoms with E-state index in [4.69, 9.17) is 10.6 Å². The number of carbonyl (C=O) groups excluding carboxylic acids is 1. The van der Waals surface area contributed by atoms with E-state index in [1.807, 2.05) is 4.90 Å². The molecule has 1 fully saturated rings. The van der Waals surface area contributed by atoms with E-state index in [-0.39, 0.29) is 5.91 Å². The smallest absolute Gasteiger partial charge is 0.232 e. The number of hydrogen-bond donors (Lipinski definition) is 2. The van der Waals surface area contributed by atoms with Gasteiger partial charge < -0.3 is 15.1 Å². The van der Waals surface area contributed by atoms with Crippen molar-refractivity contribution in [3.8, 4) is 5.75 Å². The normalized spacial score (nSPS) is 14.5. The van der Waals surface area contributed by atoms with Crippen molar-refractivity contribution in [1.29, 1.82) is 0 Å². The fraction of sp³-hybridized carbons (Fsp3) is 0.545. The first kappa shape index (κ1) is 13.9. The molecule has 3 N–H and O–H groups in total. The Morgan fingerprint density at radius 1 is 1.53 bits per heavy atom. The molecular formula is C11H17N5O2S. The second-order valence-electron chi connectivity index (χ2n) is 4.08. The Hall–Kier alpha value is -1.54. The van der Waals surface area contributed by atoms with Crippen LogP contribution in [0.25, 0.3) is 0 Å². The molecule has 8 heteroatoms. The number of aromatic nitrogens is 2. The number of carbonyl (C=O) groups is 1. The van der Waals surface area contributed by atoms with Crippen LogP contribution >= 0.6 is 11.8 Å². The van der Waals surface area contributed by atoms with Crippen molar-refractivity contribution in [3.05, 3.63) is 6.33 Å². The molecule has 0 bridgehead atoms. The molecule has 2 rings (SSSR count). The SMILES string of the molecule is COc1c(NN)ncnc1SCC(=O)N1CCCC1. The van der Waals surface area contributed by atoms with Gasteiger partial charge >= 0.3 is 0 Å². The van der Waals surface area contributed by atoms with Crippen LogP contribution in [-0.4, -0.2) is 46.7 Å². The molecule has 2 heterocycles. The van der Waals surface area contributed by atoms with Gasteiger partial charge in [0.1, 0.15) is 11.4 Å². The van der Waals surface area contributed by atoms with Gasteiger partial charge in [0.05, 0.1) is 12.9 Å². The number of amides is 1. The summed E-state index contributed by atoms with van der Waals surface area (Å²) in [7, 11) is 1.52. The quantitative estimate of drug-likeness (QED) is 0.351. The predicted molar refractivity (Wildman–Crippen MR) is 72.9 cm³/mol. The number of anilines is 1. The van der Waals surface area contributed by atoms with Crippen LogP contribution < -0.4 is 16.0 Å². The number of nitrogens with two attached hydrogens (primary N) is 1. The first-order valence-electron chi connectivity index (χ1n) is 6.02. The Labute approximate surface area is 115 Å². The van der Waals surface area contributed by atoms with E-state index >= 15 is 0 Å². The Bertz CT molecular complexity index is 451. The summed E-state index contributed by atoms with van der Waals surface area (Å²) in [6.07, 6.45) is 3.57. The molecule has 1 saturated heterocycles. The third-order valence-electron chi connectivity index (χ3n) is 2.90. The average Bonchev–Trinajstić information content (AvgIpc) is 2.98. The summed E-state index contributed by atoms with van der Waals surface area (Å²) in [5.41, 5.74) is 2.44. The summed E-state index contributed by atoms with van der Waals surface area (Å²) in [6.45, 7) is 1.71. The number of nitrogens with one attached hydrogen (secondary N) is 1. The molecular weight excluding hydrogens is 266 g/mol. The van der Waals surface area contributed by atoms with Crippen molar-refractivity contribution in [2.75, 3.05) is 31.4 Å². The number of thioether (sulfide) groups is 1. The van der Waals surface area contributed by atoms with Crippen molar-refractivity contribution >= 4 is 23.5 Å². The monoisotopic (exact) mass is 283 g/mol. The number of hydrazine groups is 1. The van der Waals surface area contributed by atoms with Crippen LogP contribution in [0.4, 0.5) is 5.82 Å². The van der Waals surface area contributed by atoms with E-state index in [1.165, 1.54) is 25.2 Å². The lowest BCUT2D eigenvalue weighted by molar-refractivity contribution is -0.127. The standard InChI is InChI=1S/C11H17N5O2S/c1-18-9-10(15-12)13-7-14-11(9)19-6-8(17)16-4-2-3-5-16/h7H,2-6,12H2,1H3,(H,13,14,15). The first-order valence-corrected chi connectivity index (χ1v) is 7.01. The first-order chi connectivity index (χ1) is 9.26. The van der Waals surface area contributed by atoms with Gasteiger partial charge in [-0.15, -0.1) is 0 Å². The van der Waals surface area contributed by atoms with Gasteiger partial charge in [-0.05, 0) is 12.8 Å². The third kappa shape index (κ3) is 3.27. The zero-order chi connectivity index (χ0) is 13.7. The molecule has 0 unspecified atom stereocenters. The van der Waals surface area contributed by atoms with E-state index in [1.54, 1.807) is 0 Å². The number of likely N-dealkylation sites (tertiary alicyclic amines) is 1. The summed E-state index contributed by atoms with van der Waals surface area (Å²) in [5.74, 6) is 6.69. The molecule has 0 saturated carbocycles. The highest BCUT2D eigenvalue weighted by Crippen LogP contribution is 2.31. The lowest BCUT2D eigenvalue weighted by Crippen LogP contribution is -2.29. The van der Waals surface area contributed by atoms with E-state index in [0.29, 0.717) is 22.3 Å². The Morgan fingerprint density at radius 2 is 2.26 bits per heavy atom. The van der Waals surface area contributed by atoms with E-state index in [0.717, 1.165) is 25.9 Å². The minimum atomic E-state index is 0.130. The second-order valence-corrected chi connectivity index (χ2v) is 5.05.